The Morgan fingerprint density at radius 2 is 1.82 bits per heavy atom. The predicted molar refractivity (Wildman–Crippen MR) is 54.0 cm³/mol. The summed E-state index contributed by atoms with van der Waals surface area (Å²) >= 11 is 0. The third kappa shape index (κ3) is 10.4. The Labute approximate surface area is 74.6 Å². The molecule has 0 heterocycles. The fourth-order valence-electron chi connectivity index (χ4n) is 0.896. The van der Waals surface area contributed by atoms with Gasteiger partial charge in [0.1, 0.15) is 0 Å². The van der Waals surface area contributed by atoms with Gasteiger partial charge in [0.15, 0.2) is 0 Å². The topological polar surface area (TPSA) is 20.2 Å². The van der Waals surface area contributed by atoms with Gasteiger partial charge in [0.25, 0.3) is 0 Å². The van der Waals surface area contributed by atoms with Crippen LogP contribution in [0.4, 0.5) is 0 Å². The molecule has 0 aliphatic rings. The van der Waals surface area contributed by atoms with Gasteiger partial charge >= 0.3 is 0 Å². The SMILES string of the molecule is C[Si](C)CCC[Si]CCCO. The van der Waals surface area contributed by atoms with Gasteiger partial charge in [-0.05, 0) is 6.42 Å². The first kappa shape index (κ1) is 11.4. The average Bonchev–Trinajstić information content (AvgIpc) is 1.96. The molecule has 0 atom stereocenters. The van der Waals surface area contributed by atoms with Crippen LogP contribution in [0.25, 0.3) is 0 Å². The van der Waals surface area contributed by atoms with Crippen LogP contribution in [0.3, 0.4) is 0 Å². The molecule has 0 unspecified atom stereocenters. The molecule has 3 radical (unpaired) electrons. The standard InChI is InChI=1S/C8H19OSi2/c1-11(2)8-4-7-10-6-3-5-9/h9H,3-8H2,1-2H3. The van der Waals surface area contributed by atoms with Gasteiger partial charge in [-0.1, -0.05) is 37.6 Å². The fourth-order valence-corrected chi connectivity index (χ4v) is 3.22. The molecule has 11 heavy (non-hydrogen) atoms. The first-order chi connectivity index (χ1) is 5.27. The Morgan fingerprint density at radius 1 is 1.18 bits per heavy atom. The van der Waals surface area contributed by atoms with Gasteiger partial charge in [-0.15, -0.1) is 0 Å². The summed E-state index contributed by atoms with van der Waals surface area (Å²) in [4.78, 5) is 0. The summed E-state index contributed by atoms with van der Waals surface area (Å²) in [5.74, 6) is 0. The molecule has 0 rings (SSSR count). The fraction of sp³-hybridized carbons (Fsp3) is 1.00. The van der Waals surface area contributed by atoms with Gasteiger partial charge in [-0.3, -0.25) is 0 Å². The van der Waals surface area contributed by atoms with E-state index in [1.54, 1.807) is 0 Å². The highest BCUT2D eigenvalue weighted by Crippen LogP contribution is 2.02. The smallest absolute Gasteiger partial charge is 0.0428 e. The van der Waals surface area contributed by atoms with E-state index in [4.69, 9.17) is 5.11 Å². The van der Waals surface area contributed by atoms with Gasteiger partial charge in [0, 0.05) is 24.9 Å². The Balaban J connectivity index is 2.80. The average molecular weight is 187 g/mol. The third-order valence-corrected chi connectivity index (χ3v) is 4.31. The maximum Gasteiger partial charge on any atom is 0.0428 e. The molecule has 0 saturated heterocycles. The van der Waals surface area contributed by atoms with Gasteiger partial charge in [-0.25, -0.2) is 0 Å². The highest BCUT2D eigenvalue weighted by Gasteiger charge is 1.95. The summed E-state index contributed by atoms with van der Waals surface area (Å²) in [5, 5.41) is 8.52. The second-order valence-electron chi connectivity index (χ2n) is 3.14. The Kier molecular flexibility index (Phi) is 8.79. The molecule has 65 valence electrons. The normalized spacial score (nSPS) is 10.9. The van der Waals surface area contributed by atoms with Gasteiger partial charge in [0.05, 0.1) is 0 Å². The molecule has 0 saturated carbocycles. The van der Waals surface area contributed by atoms with E-state index in [2.05, 4.69) is 13.1 Å². The van der Waals surface area contributed by atoms with Crippen molar-refractivity contribution in [2.24, 2.45) is 0 Å². The van der Waals surface area contributed by atoms with E-state index >= 15 is 0 Å². The Bertz CT molecular complexity index is 76.5. The molecule has 0 aliphatic heterocycles. The number of hydrogen-bond donors (Lipinski definition) is 1. The zero-order valence-corrected chi connectivity index (χ0v) is 9.69. The molecule has 1 nitrogen and oxygen atoms in total. The van der Waals surface area contributed by atoms with Crippen molar-refractivity contribution >= 4 is 18.3 Å². The highest BCUT2D eigenvalue weighted by atomic mass is 28.3. The van der Waals surface area contributed by atoms with Crippen molar-refractivity contribution in [2.75, 3.05) is 6.61 Å². The van der Waals surface area contributed by atoms with Crippen LogP contribution in [0.5, 0.6) is 0 Å². The highest BCUT2D eigenvalue weighted by molar-refractivity contribution is 6.55. The molecule has 0 fully saturated rings. The van der Waals surface area contributed by atoms with E-state index in [-0.39, 0.29) is 8.80 Å². The van der Waals surface area contributed by atoms with Crippen LogP contribution in [0.15, 0.2) is 0 Å². The minimum atomic E-state index is 0.0279. The van der Waals surface area contributed by atoms with E-state index in [1.165, 1.54) is 24.6 Å². The summed E-state index contributed by atoms with van der Waals surface area (Å²) in [6.07, 6.45) is 2.43. The summed E-state index contributed by atoms with van der Waals surface area (Å²) in [7, 11) is 1.12. The summed E-state index contributed by atoms with van der Waals surface area (Å²) in [6, 6.07) is 4.11. The van der Waals surface area contributed by atoms with Crippen molar-refractivity contribution in [1.29, 1.82) is 0 Å². The van der Waals surface area contributed by atoms with Gasteiger partial charge < -0.3 is 5.11 Å². The lowest BCUT2D eigenvalue weighted by atomic mass is 10.5. The van der Waals surface area contributed by atoms with Crippen LogP contribution >= 0.6 is 0 Å². The lowest BCUT2D eigenvalue weighted by Gasteiger charge is -2.01. The van der Waals surface area contributed by atoms with Crippen LogP contribution in [0.2, 0.25) is 31.2 Å². The first-order valence-corrected chi connectivity index (χ1v) is 8.50. The summed E-state index contributed by atoms with van der Waals surface area (Å²) in [6.45, 7) is 5.13. The van der Waals surface area contributed by atoms with E-state index in [9.17, 15) is 0 Å². The lowest BCUT2D eigenvalue weighted by Crippen LogP contribution is -1.99. The Morgan fingerprint density at radius 3 is 2.36 bits per heavy atom. The van der Waals surface area contributed by atoms with E-state index in [1.807, 2.05) is 0 Å². The zero-order valence-electron chi connectivity index (χ0n) is 7.69. The number of rotatable bonds is 7. The summed E-state index contributed by atoms with van der Waals surface area (Å²) < 4.78 is 0. The van der Waals surface area contributed by atoms with E-state index in [0.717, 1.165) is 15.9 Å². The minimum absolute atomic E-state index is 0.0279. The molecule has 0 amide bonds. The quantitative estimate of drug-likeness (QED) is 0.478. The van der Waals surface area contributed by atoms with Gasteiger partial charge in [-0.2, -0.15) is 0 Å². The number of hydrogen-bond acceptors (Lipinski definition) is 1. The van der Waals surface area contributed by atoms with Crippen LogP contribution in [-0.4, -0.2) is 30.0 Å². The van der Waals surface area contributed by atoms with Crippen molar-refractivity contribution < 1.29 is 5.11 Å². The van der Waals surface area contributed by atoms with Crippen molar-refractivity contribution in [3.8, 4) is 0 Å². The number of aliphatic hydroxyl groups is 1. The maximum absolute atomic E-state index is 8.52. The minimum Gasteiger partial charge on any atom is -0.396 e. The monoisotopic (exact) mass is 187 g/mol. The van der Waals surface area contributed by atoms with Crippen molar-refractivity contribution in [1.82, 2.24) is 0 Å². The molecular formula is C8H19OSi2. The molecule has 1 N–H and O–H groups in total. The van der Waals surface area contributed by atoms with Gasteiger partial charge in [0.2, 0.25) is 0 Å². The van der Waals surface area contributed by atoms with Crippen molar-refractivity contribution in [3.05, 3.63) is 0 Å². The Hall–Kier alpha value is 0.394. The summed E-state index contributed by atoms with van der Waals surface area (Å²) in [5.41, 5.74) is 0. The van der Waals surface area contributed by atoms with E-state index in [0.29, 0.717) is 6.61 Å². The molecule has 0 aromatic carbocycles. The lowest BCUT2D eigenvalue weighted by molar-refractivity contribution is 0.295. The molecule has 0 bridgehead atoms. The van der Waals surface area contributed by atoms with Crippen LogP contribution in [0, 0.1) is 0 Å². The molecule has 0 aromatic rings. The van der Waals surface area contributed by atoms with Crippen LogP contribution < -0.4 is 0 Å². The van der Waals surface area contributed by atoms with Crippen molar-refractivity contribution in [3.63, 3.8) is 0 Å². The van der Waals surface area contributed by atoms with E-state index < -0.39 is 0 Å². The zero-order chi connectivity index (χ0) is 8.53. The largest absolute Gasteiger partial charge is 0.396 e. The molecule has 0 aliphatic carbocycles. The molecular weight excluding hydrogens is 168 g/mol. The van der Waals surface area contributed by atoms with Crippen LogP contribution in [-0.2, 0) is 0 Å². The second kappa shape index (κ2) is 8.49. The third-order valence-electron chi connectivity index (χ3n) is 1.54. The predicted octanol–water partition coefficient (Wildman–Crippen LogP) is 2.05. The molecule has 3 heteroatoms. The van der Waals surface area contributed by atoms with Crippen LogP contribution in [0.1, 0.15) is 12.8 Å². The first-order valence-electron chi connectivity index (χ1n) is 4.38. The number of aliphatic hydroxyl groups excluding tert-OH is 1. The second-order valence-corrected chi connectivity index (χ2v) is 7.55. The molecule has 0 spiro atoms. The van der Waals surface area contributed by atoms with Crippen molar-refractivity contribution in [2.45, 2.75) is 44.1 Å². The molecule has 0 aromatic heterocycles. The maximum atomic E-state index is 8.52.